The van der Waals surface area contributed by atoms with Crippen LogP contribution in [0.5, 0.6) is 5.75 Å². The lowest BCUT2D eigenvalue weighted by Gasteiger charge is -2.17. The maximum Gasteiger partial charge on any atom is 0.119 e. The largest absolute Gasteiger partial charge is 0.494 e. The second-order valence-electron chi connectivity index (χ2n) is 5.06. The van der Waals surface area contributed by atoms with E-state index in [1.807, 2.05) is 12.1 Å². The predicted octanol–water partition coefficient (Wildman–Crippen LogP) is 2.47. The molecule has 0 aliphatic heterocycles. The first-order valence-electron chi connectivity index (χ1n) is 6.99. The van der Waals surface area contributed by atoms with Crippen LogP contribution in [-0.4, -0.2) is 19.7 Å². The molecule has 0 amide bonds. The molecule has 0 radical (unpaired) electrons. The van der Waals surface area contributed by atoms with Crippen LogP contribution < -0.4 is 15.8 Å². The first-order valence-corrected chi connectivity index (χ1v) is 6.99. The van der Waals surface area contributed by atoms with Gasteiger partial charge >= 0.3 is 0 Å². The van der Waals surface area contributed by atoms with Gasteiger partial charge in [0.1, 0.15) is 5.75 Å². The predicted molar refractivity (Wildman–Crippen MR) is 74.8 cm³/mol. The Morgan fingerprint density at radius 1 is 1.33 bits per heavy atom. The van der Waals surface area contributed by atoms with Crippen LogP contribution in [0.4, 0.5) is 0 Å². The standard InChI is InChI=1S/C15H24N2O/c1-2-9-18-14-7-5-13(6-8-14)15(10-16)17-11-12-3-4-12/h5-8,12,15,17H,2-4,9-11,16H2,1H3. The lowest BCUT2D eigenvalue weighted by atomic mass is 10.1. The van der Waals surface area contributed by atoms with E-state index < -0.39 is 0 Å². The quantitative estimate of drug-likeness (QED) is 0.743. The van der Waals surface area contributed by atoms with Crippen molar-refractivity contribution in [3.05, 3.63) is 29.8 Å². The molecule has 1 unspecified atom stereocenters. The average Bonchev–Trinajstić information content (AvgIpc) is 3.22. The summed E-state index contributed by atoms with van der Waals surface area (Å²) in [4.78, 5) is 0. The van der Waals surface area contributed by atoms with Crippen molar-refractivity contribution in [2.45, 2.75) is 32.2 Å². The summed E-state index contributed by atoms with van der Waals surface area (Å²) in [5.41, 5.74) is 7.09. The molecule has 1 saturated carbocycles. The SMILES string of the molecule is CCCOc1ccc(C(CN)NCC2CC2)cc1. The number of ether oxygens (including phenoxy) is 1. The molecule has 1 fully saturated rings. The molecule has 0 aromatic heterocycles. The Balaban J connectivity index is 1.88. The molecule has 3 N–H and O–H groups in total. The maximum absolute atomic E-state index is 5.84. The Morgan fingerprint density at radius 3 is 2.61 bits per heavy atom. The lowest BCUT2D eigenvalue weighted by molar-refractivity contribution is 0.317. The molecule has 1 atom stereocenters. The van der Waals surface area contributed by atoms with Crippen molar-refractivity contribution >= 4 is 0 Å². The van der Waals surface area contributed by atoms with Gasteiger partial charge in [-0.05, 0) is 49.4 Å². The molecule has 1 aromatic carbocycles. The highest BCUT2D eigenvalue weighted by atomic mass is 16.5. The first kappa shape index (κ1) is 13.4. The fraction of sp³-hybridized carbons (Fsp3) is 0.600. The van der Waals surface area contributed by atoms with E-state index in [2.05, 4.69) is 24.4 Å². The van der Waals surface area contributed by atoms with E-state index >= 15 is 0 Å². The highest BCUT2D eigenvalue weighted by Crippen LogP contribution is 2.28. The molecule has 1 aromatic rings. The van der Waals surface area contributed by atoms with Crippen LogP contribution in [0.1, 0.15) is 37.8 Å². The molecule has 3 heteroatoms. The van der Waals surface area contributed by atoms with E-state index in [0.29, 0.717) is 6.54 Å². The second kappa shape index (κ2) is 6.76. The van der Waals surface area contributed by atoms with Gasteiger partial charge in [0, 0.05) is 12.6 Å². The highest BCUT2D eigenvalue weighted by Gasteiger charge is 2.22. The van der Waals surface area contributed by atoms with E-state index in [4.69, 9.17) is 10.5 Å². The fourth-order valence-electron chi connectivity index (χ4n) is 1.98. The highest BCUT2D eigenvalue weighted by molar-refractivity contribution is 5.29. The summed E-state index contributed by atoms with van der Waals surface area (Å²) in [6.07, 6.45) is 3.78. The summed E-state index contributed by atoms with van der Waals surface area (Å²) in [6.45, 7) is 4.62. The molecule has 1 aliphatic carbocycles. The van der Waals surface area contributed by atoms with Gasteiger partial charge in [-0.2, -0.15) is 0 Å². The topological polar surface area (TPSA) is 47.3 Å². The molecule has 0 bridgehead atoms. The van der Waals surface area contributed by atoms with Crippen molar-refractivity contribution in [1.29, 1.82) is 0 Å². The first-order chi connectivity index (χ1) is 8.83. The number of rotatable bonds is 8. The maximum atomic E-state index is 5.84. The third kappa shape index (κ3) is 4.00. The molecule has 0 heterocycles. The van der Waals surface area contributed by atoms with Gasteiger partial charge in [-0.15, -0.1) is 0 Å². The smallest absolute Gasteiger partial charge is 0.119 e. The summed E-state index contributed by atoms with van der Waals surface area (Å²) in [5.74, 6) is 1.82. The zero-order valence-corrected chi connectivity index (χ0v) is 11.2. The van der Waals surface area contributed by atoms with Crippen LogP contribution in [0, 0.1) is 5.92 Å². The minimum Gasteiger partial charge on any atom is -0.494 e. The molecule has 0 spiro atoms. The summed E-state index contributed by atoms with van der Waals surface area (Å²) in [5, 5.41) is 3.54. The average molecular weight is 248 g/mol. The van der Waals surface area contributed by atoms with Crippen LogP contribution in [0.3, 0.4) is 0 Å². The Bertz CT molecular complexity index is 346. The minimum absolute atomic E-state index is 0.269. The molecule has 0 saturated heterocycles. The molecule has 100 valence electrons. The van der Waals surface area contributed by atoms with Gasteiger partial charge in [0.15, 0.2) is 0 Å². The Kier molecular flexibility index (Phi) is 5.02. The lowest BCUT2D eigenvalue weighted by Crippen LogP contribution is -2.29. The number of nitrogens with two attached hydrogens (primary N) is 1. The summed E-state index contributed by atoms with van der Waals surface area (Å²) < 4.78 is 5.58. The van der Waals surface area contributed by atoms with E-state index in [9.17, 15) is 0 Å². The number of benzene rings is 1. The van der Waals surface area contributed by atoms with Crippen LogP contribution in [0.25, 0.3) is 0 Å². The number of hydrogen-bond donors (Lipinski definition) is 2. The summed E-state index contributed by atoms with van der Waals surface area (Å²) >= 11 is 0. The molecule has 18 heavy (non-hydrogen) atoms. The summed E-state index contributed by atoms with van der Waals surface area (Å²) in [6, 6.07) is 8.56. The van der Waals surface area contributed by atoms with Crippen LogP contribution in [-0.2, 0) is 0 Å². The Morgan fingerprint density at radius 2 is 2.06 bits per heavy atom. The minimum atomic E-state index is 0.269. The summed E-state index contributed by atoms with van der Waals surface area (Å²) in [7, 11) is 0. The third-order valence-corrected chi connectivity index (χ3v) is 3.34. The molecular formula is C15H24N2O. The van der Waals surface area contributed by atoms with Crippen molar-refractivity contribution < 1.29 is 4.74 Å². The number of hydrogen-bond acceptors (Lipinski definition) is 3. The van der Waals surface area contributed by atoms with Crippen molar-refractivity contribution in [3.8, 4) is 5.75 Å². The van der Waals surface area contributed by atoms with E-state index in [0.717, 1.165) is 31.2 Å². The van der Waals surface area contributed by atoms with Gasteiger partial charge in [0.2, 0.25) is 0 Å². The normalized spacial score (nSPS) is 16.6. The van der Waals surface area contributed by atoms with Crippen LogP contribution in [0.15, 0.2) is 24.3 Å². The zero-order valence-electron chi connectivity index (χ0n) is 11.2. The van der Waals surface area contributed by atoms with Gasteiger partial charge in [0.25, 0.3) is 0 Å². The van der Waals surface area contributed by atoms with E-state index in [1.165, 1.54) is 18.4 Å². The van der Waals surface area contributed by atoms with Gasteiger partial charge in [-0.3, -0.25) is 0 Å². The second-order valence-corrected chi connectivity index (χ2v) is 5.06. The van der Waals surface area contributed by atoms with Crippen molar-refractivity contribution in [3.63, 3.8) is 0 Å². The van der Waals surface area contributed by atoms with Crippen molar-refractivity contribution in [2.24, 2.45) is 11.7 Å². The van der Waals surface area contributed by atoms with Gasteiger partial charge in [-0.25, -0.2) is 0 Å². The van der Waals surface area contributed by atoms with E-state index in [1.54, 1.807) is 0 Å². The molecule has 1 aliphatic rings. The van der Waals surface area contributed by atoms with Crippen LogP contribution >= 0.6 is 0 Å². The Hall–Kier alpha value is -1.06. The van der Waals surface area contributed by atoms with Gasteiger partial charge in [0.05, 0.1) is 6.61 Å². The van der Waals surface area contributed by atoms with Gasteiger partial charge in [-0.1, -0.05) is 19.1 Å². The van der Waals surface area contributed by atoms with Crippen molar-refractivity contribution in [1.82, 2.24) is 5.32 Å². The van der Waals surface area contributed by atoms with Crippen LogP contribution in [0.2, 0.25) is 0 Å². The zero-order chi connectivity index (χ0) is 12.8. The van der Waals surface area contributed by atoms with E-state index in [-0.39, 0.29) is 6.04 Å². The monoisotopic (exact) mass is 248 g/mol. The van der Waals surface area contributed by atoms with Gasteiger partial charge < -0.3 is 15.8 Å². The van der Waals surface area contributed by atoms with Crippen molar-refractivity contribution in [2.75, 3.05) is 19.7 Å². The Labute approximate surface area is 110 Å². The fourth-order valence-corrected chi connectivity index (χ4v) is 1.98. The number of nitrogens with one attached hydrogen (secondary N) is 1. The third-order valence-electron chi connectivity index (χ3n) is 3.34. The molecule has 2 rings (SSSR count). The molecule has 3 nitrogen and oxygen atoms in total. The molecular weight excluding hydrogens is 224 g/mol.